The van der Waals surface area contributed by atoms with Crippen molar-refractivity contribution in [3.63, 3.8) is 0 Å². The molecule has 3 unspecified atom stereocenters. The molecule has 0 saturated carbocycles. The van der Waals surface area contributed by atoms with E-state index in [4.69, 9.17) is 4.74 Å². The second-order valence-corrected chi connectivity index (χ2v) is 9.76. The van der Waals surface area contributed by atoms with Crippen molar-refractivity contribution in [2.75, 3.05) is 20.2 Å². The normalized spacial score (nSPS) is 26.9. The number of aromatic nitrogens is 2. The van der Waals surface area contributed by atoms with E-state index in [1.54, 1.807) is 0 Å². The van der Waals surface area contributed by atoms with E-state index in [1.165, 1.54) is 34.5 Å². The van der Waals surface area contributed by atoms with Gasteiger partial charge in [-0.25, -0.2) is 0 Å². The van der Waals surface area contributed by atoms with Gasteiger partial charge in [0.1, 0.15) is 5.41 Å². The van der Waals surface area contributed by atoms with Gasteiger partial charge in [0, 0.05) is 41.4 Å². The molecule has 1 fully saturated rings. The maximum atomic E-state index is 13.2. The fourth-order valence-electron chi connectivity index (χ4n) is 6.71. The third kappa shape index (κ3) is 3.07. The van der Waals surface area contributed by atoms with Gasteiger partial charge in [0.25, 0.3) is 0 Å². The summed E-state index contributed by atoms with van der Waals surface area (Å²) in [5.74, 6) is 0.345. The maximum absolute atomic E-state index is 13.2. The average Bonchev–Trinajstić information content (AvgIpc) is 3.49. The first kappa shape index (κ1) is 21.2. The highest BCUT2D eigenvalue weighted by molar-refractivity contribution is 5.92. The van der Waals surface area contributed by atoms with Gasteiger partial charge in [0.15, 0.2) is 0 Å². The van der Waals surface area contributed by atoms with Crippen LogP contribution >= 0.6 is 0 Å². The number of benzene rings is 2. The van der Waals surface area contributed by atoms with E-state index in [0.717, 1.165) is 43.6 Å². The number of hydrogen-bond donors (Lipinski definition) is 2. The van der Waals surface area contributed by atoms with E-state index >= 15 is 0 Å². The second-order valence-electron chi connectivity index (χ2n) is 9.76. The number of rotatable bonds is 2. The summed E-state index contributed by atoms with van der Waals surface area (Å²) >= 11 is 0. The number of piperidine rings is 1. The van der Waals surface area contributed by atoms with Gasteiger partial charge in [-0.05, 0) is 54.3 Å². The minimum Gasteiger partial charge on any atom is -0.468 e. The number of methoxy groups -OCH3 is 1. The number of H-pyrrole nitrogens is 2. The molecule has 5 nitrogen and oxygen atoms in total. The van der Waals surface area contributed by atoms with Crippen LogP contribution in [0.5, 0.6) is 0 Å². The number of para-hydroxylation sites is 2. The van der Waals surface area contributed by atoms with Gasteiger partial charge >= 0.3 is 5.97 Å². The zero-order valence-electron chi connectivity index (χ0n) is 19.8. The fourth-order valence-corrected chi connectivity index (χ4v) is 6.71. The van der Waals surface area contributed by atoms with Crippen LogP contribution in [0.25, 0.3) is 21.8 Å². The molecule has 5 heteroatoms. The van der Waals surface area contributed by atoms with Crippen LogP contribution in [-0.2, 0) is 21.4 Å². The predicted octanol–water partition coefficient (Wildman–Crippen LogP) is 5.34. The molecule has 174 valence electrons. The number of ether oxygens (including phenoxy) is 1. The molecule has 4 bridgehead atoms. The largest absolute Gasteiger partial charge is 0.468 e. The Morgan fingerprint density at radius 1 is 1.12 bits per heavy atom. The van der Waals surface area contributed by atoms with Crippen LogP contribution in [0, 0.1) is 5.92 Å². The number of esters is 1. The molecule has 0 spiro atoms. The number of fused-ring (bicyclic) bond motifs is 4. The van der Waals surface area contributed by atoms with Gasteiger partial charge < -0.3 is 14.7 Å². The lowest BCUT2D eigenvalue weighted by Crippen LogP contribution is -2.63. The fraction of sp³-hybridized carbons (Fsp3) is 0.345. The molecule has 0 radical (unpaired) electrons. The van der Waals surface area contributed by atoms with E-state index in [9.17, 15) is 4.79 Å². The van der Waals surface area contributed by atoms with E-state index < -0.39 is 5.41 Å². The third-order valence-electron chi connectivity index (χ3n) is 8.02. The molecule has 2 aromatic carbocycles. The third-order valence-corrected chi connectivity index (χ3v) is 8.02. The summed E-state index contributed by atoms with van der Waals surface area (Å²) < 4.78 is 5.41. The standard InChI is InChI=1S/C21H24N2O2.C8H7N/c1-3-14-10-13-11-21(20(24)25-2)18-16(8-9-23(12-13)19(14)21)15-6-4-5-7-17(15)22-18;1-2-4-8-7(3-1)5-6-9-8/h4-7,10,13,19,22H,3,8-9,11-12H2,1-2H3;1-6,9H/t13?,19?,21-;/m0./s1. The van der Waals surface area contributed by atoms with Gasteiger partial charge in [-0.3, -0.25) is 9.69 Å². The zero-order chi connectivity index (χ0) is 23.3. The van der Waals surface area contributed by atoms with E-state index in [2.05, 4.69) is 70.3 Å². The lowest BCUT2D eigenvalue weighted by Gasteiger charge is -2.53. The highest BCUT2D eigenvalue weighted by atomic mass is 16.5. The van der Waals surface area contributed by atoms with Crippen molar-refractivity contribution in [3.05, 3.63) is 83.7 Å². The monoisotopic (exact) mass is 453 g/mol. The molecule has 4 aromatic rings. The lowest BCUT2D eigenvalue weighted by molar-refractivity contribution is -0.153. The summed E-state index contributed by atoms with van der Waals surface area (Å²) in [5.41, 5.74) is 5.57. The molecule has 2 aromatic heterocycles. The van der Waals surface area contributed by atoms with E-state index in [1.807, 2.05) is 18.3 Å². The predicted molar refractivity (Wildman–Crippen MR) is 136 cm³/mol. The smallest absolute Gasteiger partial charge is 0.319 e. The minimum absolute atomic E-state index is 0.0824. The summed E-state index contributed by atoms with van der Waals surface area (Å²) in [6.45, 7) is 4.28. The van der Waals surface area contributed by atoms with Crippen LogP contribution in [0.4, 0.5) is 0 Å². The highest BCUT2D eigenvalue weighted by Gasteiger charge is 2.60. The summed E-state index contributed by atoms with van der Waals surface area (Å²) in [6.07, 6.45) is 7.20. The van der Waals surface area contributed by atoms with Crippen molar-refractivity contribution < 1.29 is 9.53 Å². The van der Waals surface area contributed by atoms with Crippen molar-refractivity contribution in [3.8, 4) is 0 Å². The first-order valence-electron chi connectivity index (χ1n) is 12.3. The molecule has 8 rings (SSSR count). The van der Waals surface area contributed by atoms with Crippen LogP contribution in [0.2, 0.25) is 0 Å². The first-order chi connectivity index (χ1) is 16.7. The molecular weight excluding hydrogens is 422 g/mol. The molecule has 0 amide bonds. The molecule has 4 aliphatic rings. The van der Waals surface area contributed by atoms with Gasteiger partial charge in [0.2, 0.25) is 0 Å². The summed E-state index contributed by atoms with van der Waals surface area (Å²) in [5, 5.41) is 2.53. The average molecular weight is 454 g/mol. The van der Waals surface area contributed by atoms with Crippen molar-refractivity contribution in [2.24, 2.45) is 5.92 Å². The van der Waals surface area contributed by atoms with Crippen molar-refractivity contribution >= 4 is 27.8 Å². The molecule has 5 heterocycles. The number of hydrogen-bond acceptors (Lipinski definition) is 3. The Kier molecular flexibility index (Phi) is 5.10. The molecular formula is C29H31N3O2. The number of aromatic amines is 2. The Hall–Kier alpha value is -3.31. The van der Waals surface area contributed by atoms with Crippen molar-refractivity contribution in [2.45, 2.75) is 37.6 Å². The SMILES string of the molecule is CCC1=CC2CN3CCc4c([nH]c5ccccc45)[C@@](C(=O)OC)(C2)C13.c1ccc2[nH]ccc2c1. The molecule has 34 heavy (non-hydrogen) atoms. The quantitative estimate of drug-likeness (QED) is 0.318. The number of nitrogens with zero attached hydrogens (tertiary/aromatic N) is 1. The van der Waals surface area contributed by atoms with E-state index in [0.29, 0.717) is 5.92 Å². The van der Waals surface area contributed by atoms with Crippen molar-refractivity contribution in [1.29, 1.82) is 0 Å². The molecule has 1 saturated heterocycles. The number of carbonyl (C=O) groups excluding carboxylic acids is 1. The summed E-state index contributed by atoms with van der Waals surface area (Å²) in [6, 6.07) is 18.8. The number of carbonyl (C=O) groups is 1. The summed E-state index contributed by atoms with van der Waals surface area (Å²) in [4.78, 5) is 22.5. The van der Waals surface area contributed by atoms with Crippen LogP contribution < -0.4 is 0 Å². The van der Waals surface area contributed by atoms with E-state index in [-0.39, 0.29) is 12.0 Å². The lowest BCUT2D eigenvalue weighted by atomic mass is 9.60. The van der Waals surface area contributed by atoms with Gasteiger partial charge in [-0.1, -0.05) is 55.0 Å². The highest BCUT2D eigenvalue weighted by Crippen LogP contribution is 2.53. The Balaban J connectivity index is 0.000000202. The van der Waals surface area contributed by atoms with Crippen LogP contribution in [0.3, 0.4) is 0 Å². The minimum atomic E-state index is -0.595. The van der Waals surface area contributed by atoms with Gasteiger partial charge in [-0.2, -0.15) is 0 Å². The van der Waals surface area contributed by atoms with Crippen molar-refractivity contribution in [1.82, 2.24) is 14.9 Å². The molecule has 4 atom stereocenters. The maximum Gasteiger partial charge on any atom is 0.319 e. The first-order valence-corrected chi connectivity index (χ1v) is 12.3. The number of nitrogens with one attached hydrogen (secondary N) is 2. The van der Waals surface area contributed by atoms with Gasteiger partial charge in [0.05, 0.1) is 13.2 Å². The zero-order valence-corrected chi connectivity index (χ0v) is 19.8. The summed E-state index contributed by atoms with van der Waals surface area (Å²) in [7, 11) is 1.53. The second kappa shape index (κ2) is 8.17. The topological polar surface area (TPSA) is 61.1 Å². The molecule has 2 N–H and O–H groups in total. The molecule has 1 aliphatic carbocycles. The Morgan fingerprint density at radius 3 is 2.71 bits per heavy atom. The Labute approximate surface area is 199 Å². The Morgan fingerprint density at radius 2 is 1.91 bits per heavy atom. The van der Waals surface area contributed by atoms with Crippen LogP contribution in [-0.4, -0.2) is 47.1 Å². The molecule has 3 aliphatic heterocycles. The van der Waals surface area contributed by atoms with Crippen LogP contribution in [0.1, 0.15) is 31.0 Å². The van der Waals surface area contributed by atoms with Crippen LogP contribution in [0.15, 0.2) is 72.4 Å². The van der Waals surface area contributed by atoms with Gasteiger partial charge in [-0.15, -0.1) is 0 Å². The Bertz CT molecular complexity index is 1370.